The number of rotatable bonds is 2. The number of benzene rings is 1. The van der Waals surface area contributed by atoms with Crippen LogP contribution < -0.4 is 5.73 Å². The van der Waals surface area contributed by atoms with Gasteiger partial charge in [-0.25, -0.2) is 0 Å². The van der Waals surface area contributed by atoms with Crippen LogP contribution in [0.2, 0.25) is 0 Å². The molecule has 1 heterocycles. The lowest BCUT2D eigenvalue weighted by Crippen LogP contribution is -2.26. The van der Waals surface area contributed by atoms with Crippen LogP contribution in [0, 0.1) is 6.92 Å². The summed E-state index contributed by atoms with van der Waals surface area (Å²) in [6.45, 7) is 14.5. The van der Waals surface area contributed by atoms with Gasteiger partial charge in [0, 0.05) is 22.0 Å². The summed E-state index contributed by atoms with van der Waals surface area (Å²) in [6, 6.07) is 9.33. The molecule has 0 aliphatic carbocycles. The Bertz CT molecular complexity index is 763. The largest absolute Gasteiger partial charge is 0.397 e. The minimum absolute atomic E-state index is 0.0160. The number of pyridine rings is 1. The normalized spacial score (nSPS) is 12.3. The van der Waals surface area contributed by atoms with Crippen LogP contribution in [-0.4, -0.2) is 10.8 Å². The summed E-state index contributed by atoms with van der Waals surface area (Å²) in [4.78, 5) is 18.0. The molecule has 3 nitrogen and oxygen atoms in total. The Morgan fingerprint density at radius 3 is 1.88 bits per heavy atom. The number of aromatic nitrogens is 1. The molecule has 0 fully saturated rings. The first-order chi connectivity index (χ1) is 10.9. The molecule has 1 aromatic carbocycles. The Hall–Kier alpha value is -2.16. The van der Waals surface area contributed by atoms with Crippen molar-refractivity contribution in [2.75, 3.05) is 5.73 Å². The lowest BCUT2D eigenvalue weighted by Gasteiger charge is -2.29. The highest BCUT2D eigenvalue weighted by Crippen LogP contribution is 2.36. The number of nitrogens with two attached hydrogens (primary N) is 1. The van der Waals surface area contributed by atoms with E-state index in [1.54, 1.807) is 0 Å². The van der Waals surface area contributed by atoms with E-state index >= 15 is 0 Å². The molecule has 0 saturated heterocycles. The van der Waals surface area contributed by atoms with E-state index in [1.807, 2.05) is 37.3 Å². The summed E-state index contributed by atoms with van der Waals surface area (Å²) < 4.78 is 0. The smallest absolute Gasteiger partial charge is 0.195 e. The van der Waals surface area contributed by atoms with E-state index < -0.39 is 0 Å². The van der Waals surface area contributed by atoms with E-state index in [-0.39, 0.29) is 16.6 Å². The quantitative estimate of drug-likeness (QED) is 0.807. The average molecular weight is 324 g/mol. The summed E-state index contributed by atoms with van der Waals surface area (Å²) in [6.07, 6.45) is 0. The Morgan fingerprint density at radius 2 is 1.42 bits per heavy atom. The second-order valence-corrected chi connectivity index (χ2v) is 8.42. The van der Waals surface area contributed by atoms with Crippen molar-refractivity contribution in [3.05, 3.63) is 58.4 Å². The van der Waals surface area contributed by atoms with Crippen LogP contribution in [0.5, 0.6) is 0 Å². The molecule has 24 heavy (non-hydrogen) atoms. The second-order valence-electron chi connectivity index (χ2n) is 8.42. The van der Waals surface area contributed by atoms with Crippen molar-refractivity contribution in [1.82, 2.24) is 4.98 Å². The summed E-state index contributed by atoms with van der Waals surface area (Å²) in [5, 5.41) is 0. The van der Waals surface area contributed by atoms with Crippen molar-refractivity contribution < 1.29 is 4.79 Å². The molecule has 0 atom stereocenters. The van der Waals surface area contributed by atoms with Gasteiger partial charge in [-0.1, -0.05) is 71.9 Å². The fourth-order valence-corrected chi connectivity index (χ4v) is 2.84. The minimum Gasteiger partial charge on any atom is -0.397 e. The van der Waals surface area contributed by atoms with Crippen molar-refractivity contribution in [3.8, 4) is 0 Å². The Labute approximate surface area is 145 Å². The second kappa shape index (κ2) is 6.04. The molecule has 0 amide bonds. The van der Waals surface area contributed by atoms with Gasteiger partial charge in [0.1, 0.15) is 0 Å². The zero-order valence-electron chi connectivity index (χ0n) is 15.8. The van der Waals surface area contributed by atoms with E-state index in [9.17, 15) is 4.79 Å². The van der Waals surface area contributed by atoms with Crippen molar-refractivity contribution in [2.45, 2.75) is 59.3 Å². The van der Waals surface area contributed by atoms with Crippen molar-refractivity contribution in [3.63, 3.8) is 0 Å². The zero-order valence-corrected chi connectivity index (χ0v) is 15.8. The SMILES string of the molecule is Cc1c(N)c(C(C)(C)C)nc(C(C)(C)C)c1C(=O)c1ccccc1. The number of hydrogen-bond donors (Lipinski definition) is 1. The van der Waals surface area contributed by atoms with Gasteiger partial charge in [-0.05, 0) is 12.5 Å². The standard InChI is InChI=1S/C21H28N2O/c1-13-15(17(24)14-11-9-8-10-12-14)18(20(2,3)4)23-19(16(13)22)21(5,6)7/h8-12H,22H2,1-7H3. The molecule has 1 aromatic heterocycles. The molecule has 3 heteroatoms. The molecule has 0 unspecified atom stereocenters. The molecular weight excluding hydrogens is 296 g/mol. The maximum absolute atomic E-state index is 13.2. The molecule has 0 spiro atoms. The summed E-state index contributed by atoms with van der Waals surface area (Å²) in [5.74, 6) is -0.0160. The predicted octanol–water partition coefficient (Wildman–Crippen LogP) is 4.80. The average Bonchev–Trinajstić information content (AvgIpc) is 2.47. The zero-order chi connectivity index (χ0) is 18.3. The lowest BCUT2D eigenvalue weighted by molar-refractivity contribution is 0.103. The third-order valence-corrected chi connectivity index (χ3v) is 4.18. The van der Waals surface area contributed by atoms with Crippen LogP contribution in [0.25, 0.3) is 0 Å². The van der Waals surface area contributed by atoms with E-state index in [2.05, 4.69) is 41.5 Å². The number of nitrogen functional groups attached to an aromatic ring is 1. The number of carbonyl (C=O) groups is 1. The monoisotopic (exact) mass is 324 g/mol. The minimum atomic E-state index is -0.252. The molecule has 2 N–H and O–H groups in total. The number of nitrogens with zero attached hydrogens (tertiary/aromatic N) is 1. The first kappa shape index (κ1) is 18.2. The van der Waals surface area contributed by atoms with Gasteiger partial charge in [0.05, 0.1) is 17.1 Å². The molecule has 128 valence electrons. The number of ketones is 1. The van der Waals surface area contributed by atoms with Crippen molar-refractivity contribution >= 4 is 11.5 Å². The summed E-state index contributed by atoms with van der Waals surface area (Å²) >= 11 is 0. The van der Waals surface area contributed by atoms with Crippen LogP contribution >= 0.6 is 0 Å². The van der Waals surface area contributed by atoms with Crippen LogP contribution in [0.4, 0.5) is 5.69 Å². The number of carbonyl (C=O) groups excluding carboxylic acids is 1. The molecule has 0 bridgehead atoms. The van der Waals surface area contributed by atoms with Crippen LogP contribution in [0.1, 0.15) is 74.4 Å². The Balaban J connectivity index is 2.81. The first-order valence-electron chi connectivity index (χ1n) is 8.35. The van der Waals surface area contributed by atoms with Gasteiger partial charge in [-0.2, -0.15) is 0 Å². The highest BCUT2D eigenvalue weighted by atomic mass is 16.1. The van der Waals surface area contributed by atoms with Crippen molar-refractivity contribution in [1.29, 1.82) is 0 Å². The molecule has 0 aliphatic heterocycles. The highest BCUT2D eigenvalue weighted by Gasteiger charge is 2.31. The maximum Gasteiger partial charge on any atom is 0.195 e. The molecular formula is C21H28N2O. The third kappa shape index (κ3) is 3.35. The van der Waals surface area contributed by atoms with Crippen LogP contribution in [0.15, 0.2) is 30.3 Å². The predicted molar refractivity (Wildman–Crippen MR) is 101 cm³/mol. The van der Waals surface area contributed by atoms with E-state index in [1.165, 1.54) is 0 Å². The van der Waals surface area contributed by atoms with E-state index in [4.69, 9.17) is 10.7 Å². The van der Waals surface area contributed by atoms with Gasteiger partial charge in [0.25, 0.3) is 0 Å². The van der Waals surface area contributed by atoms with Gasteiger partial charge in [0.15, 0.2) is 5.78 Å². The van der Waals surface area contributed by atoms with Crippen molar-refractivity contribution in [2.24, 2.45) is 0 Å². The van der Waals surface area contributed by atoms with E-state index in [0.717, 1.165) is 17.0 Å². The molecule has 0 saturated carbocycles. The highest BCUT2D eigenvalue weighted by molar-refractivity contribution is 6.11. The van der Waals surface area contributed by atoms with E-state index in [0.29, 0.717) is 16.8 Å². The van der Waals surface area contributed by atoms with Gasteiger partial charge >= 0.3 is 0 Å². The molecule has 0 radical (unpaired) electrons. The Morgan fingerprint density at radius 1 is 0.917 bits per heavy atom. The first-order valence-corrected chi connectivity index (χ1v) is 8.35. The molecule has 2 aromatic rings. The fourth-order valence-electron chi connectivity index (χ4n) is 2.84. The Kier molecular flexibility index (Phi) is 4.58. The maximum atomic E-state index is 13.2. The molecule has 2 rings (SSSR count). The third-order valence-electron chi connectivity index (χ3n) is 4.18. The number of hydrogen-bond acceptors (Lipinski definition) is 3. The van der Waals surface area contributed by atoms with Gasteiger partial charge in [-0.3, -0.25) is 9.78 Å². The van der Waals surface area contributed by atoms with Gasteiger partial charge in [0.2, 0.25) is 0 Å². The molecule has 0 aliphatic rings. The fraction of sp³-hybridized carbons (Fsp3) is 0.429. The summed E-state index contributed by atoms with van der Waals surface area (Å²) in [5.41, 5.74) is 10.4. The summed E-state index contributed by atoms with van der Waals surface area (Å²) in [7, 11) is 0. The van der Waals surface area contributed by atoms with Crippen LogP contribution in [-0.2, 0) is 10.8 Å². The number of anilines is 1. The van der Waals surface area contributed by atoms with Crippen LogP contribution in [0.3, 0.4) is 0 Å². The lowest BCUT2D eigenvalue weighted by atomic mass is 9.80. The topological polar surface area (TPSA) is 56.0 Å². The van der Waals surface area contributed by atoms with Gasteiger partial charge in [-0.15, -0.1) is 0 Å². The van der Waals surface area contributed by atoms with Gasteiger partial charge < -0.3 is 5.73 Å².